The van der Waals surface area contributed by atoms with Gasteiger partial charge in [-0.1, -0.05) is 23.8 Å². The maximum Gasteiger partial charge on any atom is 0.264 e. The first-order chi connectivity index (χ1) is 16.2. The lowest BCUT2D eigenvalue weighted by molar-refractivity contribution is -0.120. The summed E-state index contributed by atoms with van der Waals surface area (Å²) in [5.41, 5.74) is 1.87. The summed E-state index contributed by atoms with van der Waals surface area (Å²) in [7, 11) is -4.08. The molecule has 1 amide bonds. The molecule has 0 radical (unpaired) electrons. The molecule has 0 fully saturated rings. The zero-order valence-electron chi connectivity index (χ0n) is 18.8. The SMILES string of the molecule is Cc1ccc(S(=O)(=O)N(CC(=O)N[C@H](C)c2ccc3c(c2)OCCO3)c2ccc(F)cc2)cc1. The Morgan fingerprint density at radius 2 is 1.65 bits per heavy atom. The molecule has 9 heteroatoms. The smallest absolute Gasteiger partial charge is 0.264 e. The van der Waals surface area contributed by atoms with Crippen molar-refractivity contribution >= 4 is 21.6 Å². The molecule has 0 bridgehead atoms. The van der Waals surface area contributed by atoms with Gasteiger partial charge in [-0.3, -0.25) is 9.10 Å². The van der Waals surface area contributed by atoms with E-state index >= 15 is 0 Å². The molecular formula is C25H25FN2O5S. The minimum atomic E-state index is -4.08. The van der Waals surface area contributed by atoms with E-state index < -0.39 is 34.3 Å². The number of rotatable bonds is 7. The molecule has 1 heterocycles. The Kier molecular flexibility index (Phi) is 6.74. The number of nitrogens with one attached hydrogen (secondary N) is 1. The minimum absolute atomic E-state index is 0.0371. The number of fused-ring (bicyclic) bond motifs is 1. The Morgan fingerprint density at radius 1 is 1.00 bits per heavy atom. The second-order valence-electron chi connectivity index (χ2n) is 7.99. The zero-order chi connectivity index (χ0) is 24.3. The maximum atomic E-state index is 13.5. The van der Waals surface area contributed by atoms with Crippen LogP contribution >= 0.6 is 0 Å². The number of nitrogens with zero attached hydrogens (tertiary/aromatic N) is 1. The molecule has 1 N–H and O–H groups in total. The number of carbonyl (C=O) groups is 1. The number of carbonyl (C=O) groups excluding carboxylic acids is 1. The Balaban J connectivity index is 1.56. The number of hydrogen-bond donors (Lipinski definition) is 1. The molecule has 0 saturated carbocycles. The molecule has 178 valence electrons. The van der Waals surface area contributed by atoms with Crippen LogP contribution in [0.5, 0.6) is 11.5 Å². The van der Waals surface area contributed by atoms with Crippen LogP contribution in [-0.2, 0) is 14.8 Å². The summed E-state index contributed by atoms with van der Waals surface area (Å²) in [4.78, 5) is 13.0. The Hall–Kier alpha value is -3.59. The number of ether oxygens (including phenoxy) is 2. The molecule has 34 heavy (non-hydrogen) atoms. The van der Waals surface area contributed by atoms with Gasteiger partial charge in [0.2, 0.25) is 5.91 Å². The summed E-state index contributed by atoms with van der Waals surface area (Å²) in [5, 5.41) is 2.83. The van der Waals surface area contributed by atoms with Crippen molar-refractivity contribution in [2.75, 3.05) is 24.1 Å². The Labute approximate surface area is 198 Å². The van der Waals surface area contributed by atoms with Gasteiger partial charge in [0.15, 0.2) is 11.5 Å². The largest absolute Gasteiger partial charge is 0.486 e. The lowest BCUT2D eigenvalue weighted by Crippen LogP contribution is -2.41. The fourth-order valence-corrected chi connectivity index (χ4v) is 5.01. The summed E-state index contributed by atoms with van der Waals surface area (Å²) < 4.78 is 52.4. The third-order valence-corrected chi connectivity index (χ3v) is 7.24. The van der Waals surface area contributed by atoms with Crippen LogP contribution in [0, 0.1) is 12.7 Å². The van der Waals surface area contributed by atoms with E-state index in [-0.39, 0.29) is 10.6 Å². The third-order valence-electron chi connectivity index (χ3n) is 5.45. The van der Waals surface area contributed by atoms with Crippen molar-refractivity contribution in [1.29, 1.82) is 0 Å². The molecule has 0 aliphatic carbocycles. The number of amides is 1. The van der Waals surface area contributed by atoms with Crippen molar-refractivity contribution in [3.8, 4) is 11.5 Å². The quantitative estimate of drug-likeness (QED) is 0.549. The summed E-state index contributed by atoms with van der Waals surface area (Å²) in [6.45, 7) is 4.09. The highest BCUT2D eigenvalue weighted by atomic mass is 32.2. The normalized spacial score (nSPS) is 13.7. The van der Waals surface area contributed by atoms with E-state index in [1.807, 2.05) is 13.0 Å². The fraction of sp³-hybridized carbons (Fsp3) is 0.240. The maximum absolute atomic E-state index is 13.5. The highest BCUT2D eigenvalue weighted by Crippen LogP contribution is 2.32. The van der Waals surface area contributed by atoms with Gasteiger partial charge in [-0.2, -0.15) is 0 Å². The number of benzene rings is 3. The van der Waals surface area contributed by atoms with Crippen LogP contribution in [-0.4, -0.2) is 34.1 Å². The first kappa shape index (κ1) is 23.6. The van der Waals surface area contributed by atoms with Gasteiger partial charge in [0.1, 0.15) is 25.6 Å². The topological polar surface area (TPSA) is 84.9 Å². The summed E-state index contributed by atoms with van der Waals surface area (Å²) in [6.07, 6.45) is 0. The fourth-order valence-electron chi connectivity index (χ4n) is 3.59. The van der Waals surface area contributed by atoms with E-state index in [0.717, 1.165) is 27.6 Å². The van der Waals surface area contributed by atoms with E-state index in [4.69, 9.17) is 9.47 Å². The second kappa shape index (κ2) is 9.72. The van der Waals surface area contributed by atoms with E-state index in [2.05, 4.69) is 5.32 Å². The van der Waals surface area contributed by atoms with Crippen LogP contribution < -0.4 is 19.1 Å². The van der Waals surface area contributed by atoms with Gasteiger partial charge in [-0.15, -0.1) is 0 Å². The molecule has 1 atom stereocenters. The van der Waals surface area contributed by atoms with Crippen molar-refractivity contribution < 1.29 is 27.1 Å². The number of hydrogen-bond acceptors (Lipinski definition) is 5. The minimum Gasteiger partial charge on any atom is -0.486 e. The van der Waals surface area contributed by atoms with Crippen LogP contribution in [0.25, 0.3) is 0 Å². The molecule has 1 aliphatic rings. The first-order valence-electron chi connectivity index (χ1n) is 10.8. The molecule has 0 unspecified atom stereocenters. The van der Waals surface area contributed by atoms with Crippen molar-refractivity contribution in [2.45, 2.75) is 24.8 Å². The van der Waals surface area contributed by atoms with Gasteiger partial charge in [0.05, 0.1) is 16.6 Å². The van der Waals surface area contributed by atoms with Crippen LogP contribution in [0.1, 0.15) is 24.1 Å². The monoisotopic (exact) mass is 484 g/mol. The zero-order valence-corrected chi connectivity index (χ0v) is 19.6. The lowest BCUT2D eigenvalue weighted by atomic mass is 10.1. The third kappa shape index (κ3) is 5.14. The average molecular weight is 485 g/mol. The molecule has 0 spiro atoms. The van der Waals surface area contributed by atoms with Crippen LogP contribution in [0.3, 0.4) is 0 Å². The van der Waals surface area contributed by atoms with Gasteiger partial charge < -0.3 is 14.8 Å². The van der Waals surface area contributed by atoms with Crippen molar-refractivity contribution in [2.24, 2.45) is 0 Å². The first-order valence-corrected chi connectivity index (χ1v) is 12.2. The van der Waals surface area contributed by atoms with Crippen molar-refractivity contribution in [3.05, 3.63) is 83.7 Å². The number of aryl methyl sites for hydroxylation is 1. The molecule has 1 aliphatic heterocycles. The van der Waals surface area contributed by atoms with Gasteiger partial charge in [0, 0.05) is 0 Å². The predicted octanol–water partition coefficient (Wildman–Crippen LogP) is 3.98. The number of anilines is 1. The van der Waals surface area contributed by atoms with Crippen LogP contribution in [0.15, 0.2) is 71.6 Å². The Morgan fingerprint density at radius 3 is 2.32 bits per heavy atom. The van der Waals surface area contributed by atoms with Crippen molar-refractivity contribution in [1.82, 2.24) is 5.32 Å². The van der Waals surface area contributed by atoms with E-state index in [1.54, 1.807) is 31.2 Å². The molecule has 0 aromatic heterocycles. The van der Waals surface area contributed by atoms with Crippen LogP contribution in [0.2, 0.25) is 0 Å². The van der Waals surface area contributed by atoms with Crippen molar-refractivity contribution in [3.63, 3.8) is 0 Å². The highest BCUT2D eigenvalue weighted by molar-refractivity contribution is 7.92. The second-order valence-corrected chi connectivity index (χ2v) is 9.86. The number of halogens is 1. The van der Waals surface area contributed by atoms with Gasteiger partial charge in [-0.25, -0.2) is 12.8 Å². The molecule has 0 saturated heterocycles. The Bertz CT molecular complexity index is 1280. The standard InChI is InChI=1S/C25H25FN2O5S/c1-17-3-10-22(11-4-17)34(30,31)28(21-8-6-20(26)7-9-21)16-25(29)27-18(2)19-5-12-23-24(15-19)33-14-13-32-23/h3-12,15,18H,13-14,16H2,1-2H3,(H,27,29)/t18-/m1/s1. The van der Waals surface area contributed by atoms with Gasteiger partial charge >= 0.3 is 0 Å². The molecule has 3 aromatic carbocycles. The average Bonchev–Trinajstić information content (AvgIpc) is 2.83. The molecular weight excluding hydrogens is 459 g/mol. The van der Waals surface area contributed by atoms with E-state index in [9.17, 15) is 17.6 Å². The molecule has 4 rings (SSSR count). The van der Waals surface area contributed by atoms with Gasteiger partial charge in [-0.05, 0) is 67.9 Å². The van der Waals surface area contributed by atoms with Gasteiger partial charge in [0.25, 0.3) is 10.0 Å². The van der Waals surface area contributed by atoms with E-state index in [0.29, 0.717) is 24.7 Å². The summed E-state index contributed by atoms with van der Waals surface area (Å²) in [5.74, 6) is 0.218. The van der Waals surface area contributed by atoms with Crippen LogP contribution in [0.4, 0.5) is 10.1 Å². The molecule has 7 nitrogen and oxygen atoms in total. The summed E-state index contributed by atoms with van der Waals surface area (Å²) >= 11 is 0. The number of sulfonamides is 1. The van der Waals surface area contributed by atoms with E-state index in [1.165, 1.54) is 24.3 Å². The summed E-state index contributed by atoms with van der Waals surface area (Å²) in [6, 6.07) is 16.3. The highest BCUT2D eigenvalue weighted by Gasteiger charge is 2.28. The lowest BCUT2D eigenvalue weighted by Gasteiger charge is -2.25. The predicted molar refractivity (Wildman–Crippen MR) is 126 cm³/mol. The molecule has 3 aromatic rings.